The molecule has 2 heterocycles. The predicted octanol–water partition coefficient (Wildman–Crippen LogP) is 0.0467. The largest absolute Gasteiger partial charge is 0.360 e. The zero-order valence-corrected chi connectivity index (χ0v) is 9.80. The molecule has 7 nitrogen and oxygen atoms in total. The Morgan fingerprint density at radius 2 is 2.39 bits per heavy atom. The first-order valence-corrected chi connectivity index (χ1v) is 6.00. The van der Waals surface area contributed by atoms with Crippen molar-refractivity contribution in [1.29, 1.82) is 5.26 Å². The normalized spacial score (nSPS) is 23.7. The smallest absolute Gasteiger partial charge is 0.293 e. The molecule has 0 bridgehead atoms. The summed E-state index contributed by atoms with van der Waals surface area (Å²) in [6.07, 6.45) is 1.66. The van der Waals surface area contributed by atoms with Gasteiger partial charge >= 0.3 is 0 Å². The number of ether oxygens (including phenoxy) is 1. The molecule has 1 aliphatic heterocycles. The lowest BCUT2D eigenvalue weighted by Gasteiger charge is -2.28. The van der Waals surface area contributed by atoms with E-state index in [2.05, 4.69) is 15.2 Å². The van der Waals surface area contributed by atoms with Crippen LogP contribution < -0.4 is 0 Å². The minimum atomic E-state index is -0.551. The fraction of sp³-hybridized carbons (Fsp3) is 0.636. The lowest BCUT2D eigenvalue weighted by Crippen LogP contribution is -2.45. The van der Waals surface area contributed by atoms with Crippen molar-refractivity contribution < 1.29 is 9.53 Å². The highest BCUT2D eigenvalue weighted by atomic mass is 16.5. The highest BCUT2D eigenvalue weighted by molar-refractivity contribution is 5.90. The monoisotopic (exact) mass is 247 g/mol. The average Bonchev–Trinajstić information content (AvgIpc) is 3.16. The second-order valence-electron chi connectivity index (χ2n) is 4.56. The quantitative estimate of drug-likeness (QED) is 0.796. The second kappa shape index (κ2) is 4.38. The summed E-state index contributed by atoms with van der Waals surface area (Å²) >= 11 is 0. The van der Waals surface area contributed by atoms with E-state index >= 15 is 0 Å². The van der Waals surface area contributed by atoms with Crippen LogP contribution in [0, 0.1) is 11.3 Å². The molecule has 1 aromatic heterocycles. The van der Waals surface area contributed by atoms with E-state index in [4.69, 9.17) is 10.00 Å². The van der Waals surface area contributed by atoms with Crippen LogP contribution in [0.3, 0.4) is 0 Å². The number of amides is 1. The molecule has 7 heteroatoms. The Hall–Kier alpha value is -1.94. The van der Waals surface area contributed by atoms with Crippen molar-refractivity contribution in [2.24, 2.45) is 0 Å². The molecule has 0 radical (unpaired) electrons. The van der Waals surface area contributed by atoms with Crippen LogP contribution in [0.4, 0.5) is 0 Å². The van der Waals surface area contributed by atoms with E-state index in [1.165, 1.54) is 0 Å². The van der Waals surface area contributed by atoms with Crippen molar-refractivity contribution in [3.05, 3.63) is 11.6 Å². The van der Waals surface area contributed by atoms with E-state index in [1.807, 2.05) is 6.07 Å². The van der Waals surface area contributed by atoms with Gasteiger partial charge in [0.25, 0.3) is 5.91 Å². The highest BCUT2D eigenvalue weighted by Gasteiger charge is 2.31. The maximum Gasteiger partial charge on any atom is 0.293 e. The van der Waals surface area contributed by atoms with Crippen LogP contribution >= 0.6 is 0 Å². The Kier molecular flexibility index (Phi) is 2.72. The maximum atomic E-state index is 12.1. The van der Waals surface area contributed by atoms with E-state index in [0.717, 1.165) is 18.7 Å². The summed E-state index contributed by atoms with van der Waals surface area (Å²) in [5, 5.41) is 15.6. The van der Waals surface area contributed by atoms with Crippen molar-refractivity contribution in [3.63, 3.8) is 0 Å². The number of rotatable bonds is 2. The number of morpholine rings is 1. The van der Waals surface area contributed by atoms with Gasteiger partial charge in [-0.2, -0.15) is 5.26 Å². The van der Waals surface area contributed by atoms with Gasteiger partial charge in [0.1, 0.15) is 5.82 Å². The van der Waals surface area contributed by atoms with E-state index in [0.29, 0.717) is 19.1 Å². The summed E-state index contributed by atoms with van der Waals surface area (Å²) in [5.41, 5.74) is 0. The molecular weight excluding hydrogens is 234 g/mol. The van der Waals surface area contributed by atoms with Gasteiger partial charge < -0.3 is 9.64 Å². The Balaban J connectivity index is 1.70. The van der Waals surface area contributed by atoms with Gasteiger partial charge in [0, 0.05) is 12.5 Å². The number of nitrogens with one attached hydrogen (secondary N) is 1. The topological polar surface area (TPSA) is 94.9 Å². The van der Waals surface area contributed by atoms with Gasteiger partial charge in [-0.25, -0.2) is 4.98 Å². The number of aromatic nitrogens is 3. The summed E-state index contributed by atoms with van der Waals surface area (Å²) in [6.45, 7) is 1.14. The average molecular weight is 247 g/mol. The van der Waals surface area contributed by atoms with Crippen molar-refractivity contribution in [2.45, 2.75) is 24.9 Å². The second-order valence-corrected chi connectivity index (χ2v) is 4.56. The number of hydrogen-bond donors (Lipinski definition) is 1. The first kappa shape index (κ1) is 11.2. The predicted molar refractivity (Wildman–Crippen MR) is 59.6 cm³/mol. The molecule has 1 unspecified atom stereocenters. The van der Waals surface area contributed by atoms with Crippen LogP contribution in [0.5, 0.6) is 0 Å². The summed E-state index contributed by atoms with van der Waals surface area (Å²) in [5.74, 6) is 1.19. The van der Waals surface area contributed by atoms with Gasteiger partial charge in [0.15, 0.2) is 6.10 Å². The fourth-order valence-corrected chi connectivity index (χ4v) is 1.96. The van der Waals surface area contributed by atoms with Crippen LogP contribution in [0.2, 0.25) is 0 Å². The van der Waals surface area contributed by atoms with E-state index in [-0.39, 0.29) is 18.3 Å². The summed E-state index contributed by atoms with van der Waals surface area (Å²) < 4.78 is 5.19. The summed E-state index contributed by atoms with van der Waals surface area (Å²) in [4.78, 5) is 17.9. The minimum absolute atomic E-state index is 0.190. The Bertz CT molecular complexity index is 502. The number of aromatic amines is 1. The third-order valence-corrected chi connectivity index (χ3v) is 3.16. The third kappa shape index (κ3) is 2.07. The molecule has 0 spiro atoms. The van der Waals surface area contributed by atoms with Crippen molar-refractivity contribution in [3.8, 4) is 6.07 Å². The van der Waals surface area contributed by atoms with Crippen LogP contribution in [-0.4, -0.2) is 51.8 Å². The molecule has 1 saturated carbocycles. The summed E-state index contributed by atoms with van der Waals surface area (Å²) in [6, 6.07) is 2.01. The number of carbonyl (C=O) groups excluding carboxylic acids is 1. The zero-order chi connectivity index (χ0) is 12.5. The lowest BCUT2D eigenvalue weighted by atomic mass is 10.3. The van der Waals surface area contributed by atoms with E-state index < -0.39 is 6.10 Å². The number of nitrogens with zero attached hydrogens (tertiary/aromatic N) is 4. The molecule has 1 saturated heterocycles. The van der Waals surface area contributed by atoms with E-state index in [1.54, 1.807) is 4.90 Å². The van der Waals surface area contributed by atoms with E-state index in [9.17, 15) is 4.79 Å². The highest BCUT2D eigenvalue weighted by Crippen LogP contribution is 2.37. The minimum Gasteiger partial charge on any atom is -0.360 e. The molecule has 2 fully saturated rings. The maximum absolute atomic E-state index is 12.1. The van der Waals surface area contributed by atoms with Crippen molar-refractivity contribution >= 4 is 5.91 Å². The number of hydrogen-bond acceptors (Lipinski definition) is 5. The molecular formula is C11H13N5O2. The van der Waals surface area contributed by atoms with Gasteiger partial charge in [-0.15, -0.1) is 5.10 Å². The number of nitriles is 1. The molecule has 1 aliphatic carbocycles. The molecule has 3 rings (SSSR count). The Morgan fingerprint density at radius 1 is 1.56 bits per heavy atom. The summed E-state index contributed by atoms with van der Waals surface area (Å²) in [7, 11) is 0. The number of H-pyrrole nitrogens is 1. The van der Waals surface area contributed by atoms with Gasteiger partial charge in [0.2, 0.25) is 5.82 Å². The lowest BCUT2D eigenvalue weighted by molar-refractivity contribution is 0.00293. The van der Waals surface area contributed by atoms with Crippen LogP contribution in [-0.2, 0) is 4.74 Å². The zero-order valence-electron chi connectivity index (χ0n) is 9.80. The molecule has 2 aliphatic rings. The molecule has 18 heavy (non-hydrogen) atoms. The van der Waals surface area contributed by atoms with Gasteiger partial charge in [-0.3, -0.25) is 9.89 Å². The van der Waals surface area contributed by atoms with Crippen molar-refractivity contribution in [2.75, 3.05) is 19.7 Å². The number of carbonyl (C=O) groups is 1. The Morgan fingerprint density at radius 3 is 3.11 bits per heavy atom. The van der Waals surface area contributed by atoms with Gasteiger partial charge in [0.05, 0.1) is 19.2 Å². The van der Waals surface area contributed by atoms with Crippen molar-refractivity contribution in [1.82, 2.24) is 20.1 Å². The SMILES string of the molecule is N#CC1CN(C(=O)c2n[nH]c(C3CC3)n2)CCO1. The van der Waals surface area contributed by atoms with Crippen LogP contribution in [0.1, 0.15) is 35.2 Å². The third-order valence-electron chi connectivity index (χ3n) is 3.16. The first-order chi connectivity index (χ1) is 8.78. The van der Waals surface area contributed by atoms with Crippen LogP contribution in [0.15, 0.2) is 0 Å². The standard InChI is InChI=1S/C11H13N5O2/c12-5-8-6-16(3-4-18-8)11(17)10-13-9(14-15-10)7-1-2-7/h7-8H,1-4,6H2,(H,13,14,15). The Labute approximate surface area is 104 Å². The van der Waals surface area contributed by atoms with Crippen LogP contribution in [0.25, 0.3) is 0 Å². The molecule has 1 N–H and O–H groups in total. The molecule has 0 aromatic carbocycles. The van der Waals surface area contributed by atoms with Gasteiger partial charge in [-0.1, -0.05) is 0 Å². The first-order valence-electron chi connectivity index (χ1n) is 6.00. The fourth-order valence-electron chi connectivity index (χ4n) is 1.96. The molecule has 1 amide bonds. The molecule has 1 atom stereocenters. The molecule has 94 valence electrons. The van der Waals surface area contributed by atoms with Gasteiger partial charge in [-0.05, 0) is 12.8 Å². The molecule has 1 aromatic rings.